The average molecular weight is 457 g/mol. The zero-order valence-corrected chi connectivity index (χ0v) is 21.0. The van der Waals surface area contributed by atoms with Gasteiger partial charge in [0.15, 0.2) is 11.6 Å². The van der Waals surface area contributed by atoms with Gasteiger partial charge in [0.25, 0.3) is 0 Å². The Morgan fingerprint density at radius 2 is 1.65 bits per heavy atom. The van der Waals surface area contributed by atoms with E-state index in [0.717, 1.165) is 24.8 Å². The molecule has 0 saturated heterocycles. The van der Waals surface area contributed by atoms with Crippen LogP contribution in [0.3, 0.4) is 0 Å². The molecule has 2 unspecified atom stereocenters. The molecule has 1 fully saturated rings. The van der Waals surface area contributed by atoms with Crippen molar-refractivity contribution in [1.29, 1.82) is 0 Å². The van der Waals surface area contributed by atoms with Gasteiger partial charge in [-0.1, -0.05) is 65.0 Å². The summed E-state index contributed by atoms with van der Waals surface area (Å²) < 4.78 is 0. The molecule has 178 valence electrons. The fraction of sp³-hybridized carbons (Fsp3) is 0.484. The molecule has 3 aliphatic carbocycles. The van der Waals surface area contributed by atoms with Crippen LogP contribution in [-0.2, 0) is 6.42 Å². The number of phenolic OH excluding ortho intramolecular Hbond substituents is 1. The van der Waals surface area contributed by atoms with E-state index in [1.807, 2.05) is 6.07 Å². The van der Waals surface area contributed by atoms with E-state index in [0.29, 0.717) is 46.3 Å². The van der Waals surface area contributed by atoms with Gasteiger partial charge in [-0.2, -0.15) is 0 Å². The Morgan fingerprint density at radius 3 is 2.38 bits per heavy atom. The zero-order chi connectivity index (χ0) is 24.4. The first-order chi connectivity index (χ1) is 16.1. The Kier molecular flexibility index (Phi) is 5.58. The first kappa shape index (κ1) is 23.1. The molecule has 0 radical (unpaired) electrons. The predicted molar refractivity (Wildman–Crippen MR) is 136 cm³/mol. The van der Waals surface area contributed by atoms with E-state index >= 15 is 0 Å². The number of ketones is 2. The quantitative estimate of drug-likeness (QED) is 0.426. The van der Waals surface area contributed by atoms with Gasteiger partial charge in [0.2, 0.25) is 0 Å². The topological polar surface area (TPSA) is 54.4 Å². The summed E-state index contributed by atoms with van der Waals surface area (Å²) in [6, 6.07) is 8.75. The molecular weight excluding hydrogens is 420 g/mol. The van der Waals surface area contributed by atoms with Gasteiger partial charge >= 0.3 is 0 Å². The summed E-state index contributed by atoms with van der Waals surface area (Å²) in [5.41, 5.74) is 4.07. The van der Waals surface area contributed by atoms with Gasteiger partial charge in [-0.05, 0) is 83.9 Å². The van der Waals surface area contributed by atoms with E-state index in [2.05, 4.69) is 52.8 Å². The molecule has 5 rings (SSSR count). The van der Waals surface area contributed by atoms with Gasteiger partial charge in [-0.3, -0.25) is 9.59 Å². The van der Waals surface area contributed by atoms with E-state index in [1.165, 1.54) is 18.1 Å². The number of carbonyl (C=O) groups excluding carboxylic acids is 2. The van der Waals surface area contributed by atoms with E-state index < -0.39 is 0 Å². The van der Waals surface area contributed by atoms with Gasteiger partial charge < -0.3 is 5.11 Å². The molecule has 1 saturated carbocycles. The summed E-state index contributed by atoms with van der Waals surface area (Å²) in [6.07, 6.45) is 9.03. The Morgan fingerprint density at radius 1 is 0.941 bits per heavy atom. The maximum atomic E-state index is 13.6. The monoisotopic (exact) mass is 456 g/mol. The highest BCUT2D eigenvalue weighted by atomic mass is 16.3. The van der Waals surface area contributed by atoms with Gasteiger partial charge in [0.05, 0.1) is 5.56 Å². The third-order valence-electron chi connectivity index (χ3n) is 9.44. The molecule has 1 N–H and O–H groups in total. The average Bonchev–Trinajstić information content (AvgIpc) is 3.17. The number of carbonyl (C=O) groups is 2. The van der Waals surface area contributed by atoms with Crippen LogP contribution < -0.4 is 0 Å². The van der Waals surface area contributed by atoms with Gasteiger partial charge in [0.1, 0.15) is 5.75 Å². The van der Waals surface area contributed by atoms with Crippen molar-refractivity contribution < 1.29 is 14.7 Å². The molecule has 0 aromatic heterocycles. The lowest BCUT2D eigenvalue weighted by atomic mass is 9.60. The Labute approximate surface area is 203 Å². The summed E-state index contributed by atoms with van der Waals surface area (Å²) in [5.74, 6) is 2.32. The molecule has 0 amide bonds. The molecule has 5 atom stereocenters. The Balaban J connectivity index is 1.51. The number of hydrogen-bond donors (Lipinski definition) is 1. The van der Waals surface area contributed by atoms with Crippen molar-refractivity contribution in [3.05, 3.63) is 75.9 Å². The number of benzene rings is 2. The van der Waals surface area contributed by atoms with Gasteiger partial charge in [-0.25, -0.2) is 0 Å². The highest BCUT2D eigenvalue weighted by Gasteiger charge is 2.51. The van der Waals surface area contributed by atoms with Crippen LogP contribution in [0, 0.1) is 29.1 Å². The first-order valence-electron chi connectivity index (χ1n) is 12.9. The van der Waals surface area contributed by atoms with Crippen molar-refractivity contribution in [2.75, 3.05) is 0 Å². The highest BCUT2D eigenvalue weighted by Crippen LogP contribution is 2.61. The molecule has 3 nitrogen and oxygen atoms in total. The Hall–Kier alpha value is -2.68. The van der Waals surface area contributed by atoms with E-state index in [9.17, 15) is 14.7 Å². The first-order valence-corrected chi connectivity index (χ1v) is 12.9. The number of phenols is 1. The molecule has 2 aromatic carbocycles. The number of allylic oxidation sites excluding steroid dienone is 2. The third-order valence-corrected chi connectivity index (χ3v) is 9.44. The fourth-order valence-electron chi connectivity index (χ4n) is 7.04. The Bertz CT molecular complexity index is 1200. The van der Waals surface area contributed by atoms with Crippen LogP contribution in [-0.4, -0.2) is 16.7 Å². The molecule has 0 heterocycles. The summed E-state index contributed by atoms with van der Waals surface area (Å²) in [6.45, 7) is 11.7. The fourth-order valence-corrected chi connectivity index (χ4v) is 7.04. The lowest BCUT2D eigenvalue weighted by molar-refractivity contribution is 0.0973. The van der Waals surface area contributed by atoms with E-state index in [-0.39, 0.29) is 28.3 Å². The second-order valence-corrected chi connectivity index (χ2v) is 11.5. The van der Waals surface area contributed by atoms with E-state index in [1.54, 1.807) is 12.1 Å². The molecular formula is C31H36O3. The van der Waals surface area contributed by atoms with Crippen LogP contribution >= 0.6 is 0 Å². The molecule has 0 bridgehead atoms. The van der Waals surface area contributed by atoms with Crippen molar-refractivity contribution in [2.45, 2.75) is 66.2 Å². The SMILES string of the molecule is CC(/C=C/[C@H](C)C(C)C)[C@H]1CCC2c3ccc4c(c3CC[C@@]21C)C(=O)c1cccc(O)c1C4=O. The second kappa shape index (κ2) is 8.22. The number of hydrogen-bond acceptors (Lipinski definition) is 3. The molecule has 0 aliphatic heterocycles. The highest BCUT2D eigenvalue weighted by molar-refractivity contribution is 6.29. The maximum Gasteiger partial charge on any atom is 0.198 e. The minimum atomic E-state index is -0.235. The molecule has 3 heteroatoms. The van der Waals surface area contributed by atoms with Crippen LogP contribution in [0.5, 0.6) is 5.75 Å². The lowest BCUT2D eigenvalue weighted by Gasteiger charge is -2.44. The molecule has 34 heavy (non-hydrogen) atoms. The summed E-state index contributed by atoms with van der Waals surface area (Å²) in [5, 5.41) is 10.3. The van der Waals surface area contributed by atoms with E-state index in [4.69, 9.17) is 0 Å². The molecule has 0 spiro atoms. The summed E-state index contributed by atoms with van der Waals surface area (Å²) in [4.78, 5) is 26.8. The number of rotatable bonds is 4. The number of fused-ring (bicyclic) bond motifs is 6. The van der Waals surface area contributed by atoms with Crippen molar-refractivity contribution in [3.63, 3.8) is 0 Å². The van der Waals surface area contributed by atoms with Gasteiger partial charge in [0, 0.05) is 16.7 Å². The minimum Gasteiger partial charge on any atom is -0.507 e. The predicted octanol–water partition coefficient (Wildman–Crippen LogP) is 7.10. The minimum absolute atomic E-state index is 0.112. The van der Waals surface area contributed by atoms with Crippen molar-refractivity contribution in [2.24, 2.45) is 29.1 Å². The zero-order valence-electron chi connectivity index (χ0n) is 21.0. The maximum absolute atomic E-state index is 13.6. The van der Waals surface area contributed by atoms with Gasteiger partial charge in [-0.15, -0.1) is 0 Å². The number of aromatic hydroxyl groups is 1. The van der Waals surface area contributed by atoms with Crippen LogP contribution in [0.4, 0.5) is 0 Å². The van der Waals surface area contributed by atoms with Crippen LogP contribution in [0.25, 0.3) is 0 Å². The van der Waals surface area contributed by atoms with Crippen LogP contribution in [0.2, 0.25) is 0 Å². The largest absolute Gasteiger partial charge is 0.507 e. The van der Waals surface area contributed by atoms with Crippen molar-refractivity contribution in [1.82, 2.24) is 0 Å². The lowest BCUT2D eigenvalue weighted by Crippen LogP contribution is -2.36. The third kappa shape index (κ3) is 3.31. The van der Waals surface area contributed by atoms with Crippen molar-refractivity contribution in [3.8, 4) is 5.75 Å². The smallest absolute Gasteiger partial charge is 0.198 e. The normalized spacial score (nSPS) is 27.4. The molecule has 3 aliphatic rings. The molecule has 2 aromatic rings. The summed E-state index contributed by atoms with van der Waals surface area (Å²) in [7, 11) is 0. The standard InChI is InChI=1S/C31H36O3/c1-17(2)18(3)9-10-19(4)24-13-14-25-20-11-12-23-27(21(20)15-16-31(24,25)5)29(33)22-7-6-8-26(32)28(22)30(23)34/h6-12,17-19,24-25,32H,13-16H2,1-5H3/b10-9+/t18-,19?,24+,25?,31+/m0/s1. The van der Waals surface area contributed by atoms with Crippen molar-refractivity contribution >= 4 is 11.6 Å². The summed E-state index contributed by atoms with van der Waals surface area (Å²) >= 11 is 0. The van der Waals surface area contributed by atoms with Crippen LogP contribution in [0.15, 0.2) is 42.5 Å². The van der Waals surface area contributed by atoms with Crippen LogP contribution in [0.1, 0.15) is 103 Å². The second-order valence-electron chi connectivity index (χ2n) is 11.5.